The van der Waals surface area contributed by atoms with Gasteiger partial charge in [-0.3, -0.25) is 0 Å². The smallest absolute Gasteiger partial charge is 0.241 e. The molecule has 0 amide bonds. The largest absolute Gasteiger partial charge is 0.399 e. The lowest BCUT2D eigenvalue weighted by atomic mass is 9.88. The summed E-state index contributed by atoms with van der Waals surface area (Å²) in [5.41, 5.74) is 9.92. The van der Waals surface area contributed by atoms with E-state index in [0.717, 1.165) is 54.5 Å². The van der Waals surface area contributed by atoms with Gasteiger partial charge in [-0.2, -0.15) is 0 Å². The molecule has 0 aliphatic heterocycles. The molecular formula is C19H24N2O2S. The first kappa shape index (κ1) is 17.0. The zero-order chi connectivity index (χ0) is 17.2. The summed E-state index contributed by atoms with van der Waals surface area (Å²) in [6, 6.07) is 12.7. The van der Waals surface area contributed by atoms with Gasteiger partial charge in [0, 0.05) is 11.7 Å². The Morgan fingerprint density at radius 2 is 1.92 bits per heavy atom. The SMILES string of the molecule is CCCc1ccc(S(=O)(=O)NC2CCCc3cc(N)ccc32)cc1. The average molecular weight is 344 g/mol. The molecule has 1 unspecified atom stereocenters. The first-order valence-electron chi connectivity index (χ1n) is 8.49. The molecule has 0 fully saturated rings. The lowest BCUT2D eigenvalue weighted by Gasteiger charge is -2.26. The highest BCUT2D eigenvalue weighted by Gasteiger charge is 2.25. The van der Waals surface area contributed by atoms with Crippen LogP contribution in [0.25, 0.3) is 0 Å². The molecule has 0 spiro atoms. The van der Waals surface area contributed by atoms with Crippen molar-refractivity contribution in [2.24, 2.45) is 0 Å². The quantitative estimate of drug-likeness (QED) is 0.814. The number of nitrogens with one attached hydrogen (secondary N) is 1. The van der Waals surface area contributed by atoms with Crippen molar-refractivity contribution in [3.8, 4) is 0 Å². The van der Waals surface area contributed by atoms with Crippen LogP contribution in [0.1, 0.15) is 48.9 Å². The molecule has 3 N–H and O–H groups in total. The molecule has 1 atom stereocenters. The maximum Gasteiger partial charge on any atom is 0.241 e. The van der Waals surface area contributed by atoms with Crippen LogP contribution in [0.2, 0.25) is 0 Å². The van der Waals surface area contributed by atoms with Crippen molar-refractivity contribution < 1.29 is 8.42 Å². The van der Waals surface area contributed by atoms with Crippen LogP contribution in [0.4, 0.5) is 5.69 Å². The Morgan fingerprint density at radius 1 is 1.17 bits per heavy atom. The average Bonchev–Trinajstić information content (AvgIpc) is 2.55. The molecule has 3 rings (SSSR count). The highest BCUT2D eigenvalue weighted by molar-refractivity contribution is 7.89. The van der Waals surface area contributed by atoms with Crippen LogP contribution >= 0.6 is 0 Å². The molecule has 24 heavy (non-hydrogen) atoms. The van der Waals surface area contributed by atoms with Crippen molar-refractivity contribution in [1.82, 2.24) is 4.72 Å². The summed E-state index contributed by atoms with van der Waals surface area (Å²) in [6.45, 7) is 2.11. The van der Waals surface area contributed by atoms with Crippen molar-refractivity contribution in [3.63, 3.8) is 0 Å². The number of hydrogen-bond donors (Lipinski definition) is 2. The van der Waals surface area contributed by atoms with Gasteiger partial charge in [0.15, 0.2) is 0 Å². The minimum Gasteiger partial charge on any atom is -0.399 e. The number of rotatable bonds is 5. The van der Waals surface area contributed by atoms with E-state index in [1.54, 1.807) is 12.1 Å². The van der Waals surface area contributed by atoms with E-state index in [4.69, 9.17) is 5.73 Å². The minimum atomic E-state index is -3.53. The number of aryl methyl sites for hydroxylation is 2. The maximum absolute atomic E-state index is 12.7. The molecule has 0 radical (unpaired) electrons. The fourth-order valence-electron chi connectivity index (χ4n) is 3.34. The predicted octanol–water partition coefficient (Wildman–Crippen LogP) is 3.58. The second-order valence-electron chi connectivity index (χ2n) is 6.42. The van der Waals surface area contributed by atoms with Crippen LogP contribution in [-0.4, -0.2) is 8.42 Å². The van der Waals surface area contributed by atoms with Crippen molar-refractivity contribution in [2.45, 2.75) is 50.0 Å². The Hall–Kier alpha value is -1.85. The summed E-state index contributed by atoms with van der Waals surface area (Å²) in [6.07, 6.45) is 4.73. The van der Waals surface area contributed by atoms with Crippen molar-refractivity contribution in [1.29, 1.82) is 0 Å². The monoisotopic (exact) mass is 344 g/mol. The summed E-state index contributed by atoms with van der Waals surface area (Å²) < 4.78 is 28.3. The molecule has 2 aromatic rings. The van der Waals surface area contributed by atoms with Crippen LogP contribution in [0, 0.1) is 0 Å². The second kappa shape index (κ2) is 6.95. The number of hydrogen-bond acceptors (Lipinski definition) is 3. The molecule has 0 aromatic heterocycles. The molecular weight excluding hydrogens is 320 g/mol. The van der Waals surface area contributed by atoms with Gasteiger partial charge in [0.05, 0.1) is 4.90 Å². The zero-order valence-electron chi connectivity index (χ0n) is 14.0. The van der Waals surface area contributed by atoms with Gasteiger partial charge in [-0.1, -0.05) is 31.5 Å². The van der Waals surface area contributed by atoms with Gasteiger partial charge in [0.2, 0.25) is 10.0 Å². The fourth-order valence-corrected chi connectivity index (χ4v) is 4.59. The van der Waals surface area contributed by atoms with E-state index >= 15 is 0 Å². The molecule has 1 aliphatic rings. The lowest BCUT2D eigenvalue weighted by molar-refractivity contribution is 0.507. The fraction of sp³-hybridized carbons (Fsp3) is 0.368. The lowest BCUT2D eigenvalue weighted by Crippen LogP contribution is -2.31. The van der Waals surface area contributed by atoms with E-state index in [2.05, 4.69) is 11.6 Å². The van der Waals surface area contributed by atoms with E-state index in [0.29, 0.717) is 4.90 Å². The maximum atomic E-state index is 12.7. The molecule has 1 aliphatic carbocycles. The van der Waals surface area contributed by atoms with Gasteiger partial charge in [0.1, 0.15) is 0 Å². The molecule has 0 heterocycles. The van der Waals surface area contributed by atoms with E-state index < -0.39 is 10.0 Å². The first-order valence-corrected chi connectivity index (χ1v) is 9.97. The summed E-state index contributed by atoms with van der Waals surface area (Å²) in [5.74, 6) is 0. The van der Waals surface area contributed by atoms with Crippen molar-refractivity contribution in [3.05, 3.63) is 59.2 Å². The van der Waals surface area contributed by atoms with Crippen molar-refractivity contribution in [2.75, 3.05) is 5.73 Å². The highest BCUT2D eigenvalue weighted by Crippen LogP contribution is 2.32. The number of fused-ring (bicyclic) bond motifs is 1. The summed E-state index contributed by atoms with van der Waals surface area (Å²) in [7, 11) is -3.53. The Morgan fingerprint density at radius 3 is 2.62 bits per heavy atom. The Kier molecular flexibility index (Phi) is 4.92. The van der Waals surface area contributed by atoms with Crippen LogP contribution in [-0.2, 0) is 22.9 Å². The van der Waals surface area contributed by atoms with Gasteiger partial charge >= 0.3 is 0 Å². The summed E-state index contributed by atoms with van der Waals surface area (Å²) >= 11 is 0. The minimum absolute atomic E-state index is 0.185. The summed E-state index contributed by atoms with van der Waals surface area (Å²) in [4.78, 5) is 0.324. The van der Waals surface area contributed by atoms with E-state index in [1.807, 2.05) is 30.3 Å². The molecule has 2 aromatic carbocycles. The Bertz CT molecular complexity index is 814. The topological polar surface area (TPSA) is 72.2 Å². The van der Waals surface area contributed by atoms with Gasteiger partial charge in [-0.15, -0.1) is 0 Å². The molecule has 128 valence electrons. The van der Waals surface area contributed by atoms with E-state index in [9.17, 15) is 8.42 Å². The summed E-state index contributed by atoms with van der Waals surface area (Å²) in [5, 5.41) is 0. The zero-order valence-corrected chi connectivity index (χ0v) is 14.8. The number of anilines is 1. The molecule has 0 bridgehead atoms. The van der Waals surface area contributed by atoms with Crippen LogP contribution in [0.15, 0.2) is 47.4 Å². The molecule has 0 saturated carbocycles. The number of sulfonamides is 1. The molecule has 0 saturated heterocycles. The normalized spacial score (nSPS) is 17.5. The highest BCUT2D eigenvalue weighted by atomic mass is 32.2. The molecule has 5 heteroatoms. The van der Waals surface area contributed by atoms with Gasteiger partial charge in [-0.05, 0) is 66.6 Å². The van der Waals surface area contributed by atoms with Crippen LogP contribution < -0.4 is 10.5 Å². The molecule has 4 nitrogen and oxygen atoms in total. The number of nitrogens with two attached hydrogens (primary N) is 1. The second-order valence-corrected chi connectivity index (χ2v) is 8.13. The van der Waals surface area contributed by atoms with Gasteiger partial charge < -0.3 is 5.73 Å². The predicted molar refractivity (Wildman–Crippen MR) is 97.3 cm³/mol. The van der Waals surface area contributed by atoms with E-state index in [-0.39, 0.29) is 6.04 Å². The van der Waals surface area contributed by atoms with E-state index in [1.165, 1.54) is 0 Å². The Balaban J connectivity index is 1.83. The first-order chi connectivity index (χ1) is 11.5. The van der Waals surface area contributed by atoms with Crippen LogP contribution in [0.5, 0.6) is 0 Å². The third-order valence-electron chi connectivity index (χ3n) is 4.55. The standard InChI is InChI=1S/C19H24N2O2S/c1-2-4-14-7-10-17(11-8-14)24(22,23)21-19-6-3-5-15-13-16(20)9-12-18(15)19/h7-13,19,21H,2-6,20H2,1H3. The number of benzene rings is 2. The third-order valence-corrected chi connectivity index (χ3v) is 6.04. The Labute approximate surface area is 144 Å². The van der Waals surface area contributed by atoms with Crippen LogP contribution in [0.3, 0.4) is 0 Å². The van der Waals surface area contributed by atoms with Crippen molar-refractivity contribution >= 4 is 15.7 Å². The van der Waals surface area contributed by atoms with Gasteiger partial charge in [0.25, 0.3) is 0 Å². The third kappa shape index (κ3) is 3.62. The van der Waals surface area contributed by atoms with Gasteiger partial charge in [-0.25, -0.2) is 13.1 Å². The number of nitrogen functional groups attached to an aromatic ring is 1.